The molecule has 0 radical (unpaired) electrons. The van der Waals surface area contributed by atoms with E-state index in [1.165, 1.54) is 0 Å². The van der Waals surface area contributed by atoms with Crippen LogP contribution < -0.4 is 10.6 Å². The average molecular weight is 263 g/mol. The van der Waals surface area contributed by atoms with E-state index in [2.05, 4.69) is 25.7 Å². The Morgan fingerprint density at radius 3 is 2.26 bits per heavy atom. The molecule has 0 saturated carbocycles. The number of amides is 1. The molecule has 0 aromatic heterocycles. The molecule has 0 saturated heterocycles. The molecule has 1 aromatic carbocycles. The smallest absolute Gasteiger partial charge is 0.253 e. The Bertz CT molecular complexity index is 466. The largest absolute Gasteiger partial charge is 0.397 e. The van der Waals surface area contributed by atoms with Crippen molar-refractivity contribution in [1.29, 1.82) is 0 Å². The van der Waals surface area contributed by atoms with E-state index < -0.39 is 0 Å². The van der Waals surface area contributed by atoms with Crippen molar-refractivity contribution in [3.8, 4) is 0 Å². The van der Waals surface area contributed by atoms with E-state index in [0.29, 0.717) is 11.3 Å². The zero-order valence-electron chi connectivity index (χ0n) is 12.8. The van der Waals surface area contributed by atoms with Crippen LogP contribution in [0.25, 0.3) is 0 Å². The van der Waals surface area contributed by atoms with Crippen LogP contribution >= 0.6 is 0 Å². The van der Waals surface area contributed by atoms with Crippen LogP contribution in [0.4, 0.5) is 11.4 Å². The number of nitrogens with two attached hydrogens (primary N) is 1. The number of nitrogen functional groups attached to an aromatic ring is 1. The standard InChI is InChI=1S/C15H25N3O/c1-7-15(2,3)18(6)13-9-8-11(10-12(13)16)14(19)17(4)5/h8-10H,7,16H2,1-6H3. The minimum atomic E-state index is -0.0318. The first-order chi connectivity index (χ1) is 8.70. The predicted octanol–water partition coefficient (Wildman–Crippen LogP) is 2.60. The molecule has 0 spiro atoms. The number of carbonyl (C=O) groups is 1. The second-order valence-corrected chi connectivity index (χ2v) is 5.70. The lowest BCUT2D eigenvalue weighted by Gasteiger charge is -2.37. The maximum atomic E-state index is 11.9. The van der Waals surface area contributed by atoms with Gasteiger partial charge in [-0.2, -0.15) is 0 Å². The number of nitrogens with zero attached hydrogens (tertiary/aromatic N) is 2. The van der Waals surface area contributed by atoms with Gasteiger partial charge in [-0.05, 0) is 38.5 Å². The summed E-state index contributed by atoms with van der Waals surface area (Å²) in [5, 5.41) is 0. The van der Waals surface area contributed by atoms with Crippen LogP contribution in [0.15, 0.2) is 18.2 Å². The first-order valence-corrected chi connectivity index (χ1v) is 6.55. The molecule has 0 unspecified atom stereocenters. The van der Waals surface area contributed by atoms with Gasteiger partial charge in [-0.1, -0.05) is 6.92 Å². The number of benzene rings is 1. The van der Waals surface area contributed by atoms with Crippen molar-refractivity contribution in [1.82, 2.24) is 4.90 Å². The molecule has 1 amide bonds. The normalized spacial score (nSPS) is 11.3. The van der Waals surface area contributed by atoms with Gasteiger partial charge in [0.15, 0.2) is 0 Å². The van der Waals surface area contributed by atoms with Gasteiger partial charge in [-0.25, -0.2) is 0 Å². The minimum absolute atomic E-state index is 0.0290. The maximum absolute atomic E-state index is 11.9. The summed E-state index contributed by atoms with van der Waals surface area (Å²) < 4.78 is 0. The van der Waals surface area contributed by atoms with E-state index in [1.807, 2.05) is 19.2 Å². The molecule has 1 aromatic rings. The maximum Gasteiger partial charge on any atom is 0.253 e. The number of hydrogen-bond donors (Lipinski definition) is 1. The zero-order valence-corrected chi connectivity index (χ0v) is 12.8. The van der Waals surface area contributed by atoms with Crippen molar-refractivity contribution in [3.05, 3.63) is 23.8 Å². The van der Waals surface area contributed by atoms with Gasteiger partial charge in [0.05, 0.1) is 11.4 Å². The zero-order chi connectivity index (χ0) is 14.8. The van der Waals surface area contributed by atoms with Crippen LogP contribution in [-0.2, 0) is 0 Å². The highest BCUT2D eigenvalue weighted by atomic mass is 16.2. The Morgan fingerprint density at radius 2 is 1.84 bits per heavy atom. The quantitative estimate of drug-likeness (QED) is 0.849. The van der Waals surface area contributed by atoms with Crippen LogP contribution in [0.3, 0.4) is 0 Å². The van der Waals surface area contributed by atoms with Crippen molar-refractivity contribution >= 4 is 17.3 Å². The fourth-order valence-electron chi connectivity index (χ4n) is 1.81. The topological polar surface area (TPSA) is 49.6 Å². The molecule has 0 fully saturated rings. The first kappa shape index (κ1) is 15.3. The molecular formula is C15H25N3O. The molecule has 4 heteroatoms. The Balaban J connectivity index is 3.11. The van der Waals surface area contributed by atoms with E-state index in [0.717, 1.165) is 12.1 Å². The molecule has 106 valence electrons. The van der Waals surface area contributed by atoms with Crippen LogP contribution in [0.5, 0.6) is 0 Å². The number of carbonyl (C=O) groups excluding carboxylic acids is 1. The summed E-state index contributed by atoms with van der Waals surface area (Å²) in [4.78, 5) is 15.6. The first-order valence-electron chi connectivity index (χ1n) is 6.55. The molecule has 2 N–H and O–H groups in total. The fourth-order valence-corrected chi connectivity index (χ4v) is 1.81. The van der Waals surface area contributed by atoms with E-state index in [4.69, 9.17) is 5.73 Å². The highest BCUT2D eigenvalue weighted by Crippen LogP contribution is 2.30. The molecule has 0 aliphatic carbocycles. The van der Waals surface area contributed by atoms with E-state index in [1.54, 1.807) is 25.1 Å². The second kappa shape index (κ2) is 5.51. The lowest BCUT2D eigenvalue weighted by atomic mass is 9.98. The summed E-state index contributed by atoms with van der Waals surface area (Å²) in [6.07, 6.45) is 1.02. The molecule has 19 heavy (non-hydrogen) atoms. The average Bonchev–Trinajstić information content (AvgIpc) is 2.36. The summed E-state index contributed by atoms with van der Waals surface area (Å²) in [5.41, 5.74) is 8.34. The minimum Gasteiger partial charge on any atom is -0.397 e. The molecule has 0 heterocycles. The monoisotopic (exact) mass is 263 g/mol. The summed E-state index contributed by atoms with van der Waals surface area (Å²) >= 11 is 0. The lowest BCUT2D eigenvalue weighted by Crippen LogP contribution is -2.40. The third kappa shape index (κ3) is 3.19. The van der Waals surface area contributed by atoms with Crippen molar-refractivity contribution in [2.75, 3.05) is 31.8 Å². The molecule has 0 aliphatic heterocycles. The fraction of sp³-hybridized carbons (Fsp3) is 0.533. The Hall–Kier alpha value is -1.71. The van der Waals surface area contributed by atoms with Gasteiger partial charge in [0.25, 0.3) is 5.91 Å². The second-order valence-electron chi connectivity index (χ2n) is 5.70. The van der Waals surface area contributed by atoms with Gasteiger partial charge < -0.3 is 15.5 Å². The third-order valence-corrected chi connectivity index (χ3v) is 3.82. The Labute approximate surface area is 116 Å². The number of hydrogen-bond acceptors (Lipinski definition) is 3. The van der Waals surface area contributed by atoms with Gasteiger partial charge in [0.1, 0.15) is 0 Å². The molecule has 1 rings (SSSR count). The van der Waals surface area contributed by atoms with Crippen molar-refractivity contribution in [3.63, 3.8) is 0 Å². The SMILES string of the molecule is CCC(C)(C)N(C)c1ccc(C(=O)N(C)C)cc1N. The summed E-state index contributed by atoms with van der Waals surface area (Å²) in [6, 6.07) is 5.50. The number of rotatable bonds is 4. The number of anilines is 2. The highest BCUT2D eigenvalue weighted by Gasteiger charge is 2.23. The summed E-state index contributed by atoms with van der Waals surface area (Å²) in [6.45, 7) is 6.49. The summed E-state index contributed by atoms with van der Waals surface area (Å²) in [7, 11) is 5.50. The molecule has 0 atom stereocenters. The van der Waals surface area contributed by atoms with Crippen molar-refractivity contribution in [2.24, 2.45) is 0 Å². The van der Waals surface area contributed by atoms with Crippen molar-refractivity contribution in [2.45, 2.75) is 32.7 Å². The van der Waals surface area contributed by atoms with Crippen LogP contribution in [0, 0.1) is 0 Å². The summed E-state index contributed by atoms with van der Waals surface area (Å²) in [5.74, 6) is -0.0318. The lowest BCUT2D eigenvalue weighted by molar-refractivity contribution is 0.0827. The van der Waals surface area contributed by atoms with Gasteiger partial charge in [-0.3, -0.25) is 4.79 Å². The van der Waals surface area contributed by atoms with Gasteiger partial charge in [0, 0.05) is 32.2 Å². The van der Waals surface area contributed by atoms with Crippen LogP contribution in [0.1, 0.15) is 37.6 Å². The van der Waals surface area contributed by atoms with Gasteiger partial charge in [-0.15, -0.1) is 0 Å². The van der Waals surface area contributed by atoms with E-state index in [-0.39, 0.29) is 11.4 Å². The molecule has 4 nitrogen and oxygen atoms in total. The highest BCUT2D eigenvalue weighted by molar-refractivity contribution is 5.95. The Morgan fingerprint density at radius 1 is 1.26 bits per heavy atom. The molecule has 0 aliphatic rings. The predicted molar refractivity (Wildman–Crippen MR) is 81.6 cm³/mol. The molecular weight excluding hydrogens is 238 g/mol. The van der Waals surface area contributed by atoms with Gasteiger partial charge in [0.2, 0.25) is 0 Å². The third-order valence-electron chi connectivity index (χ3n) is 3.82. The molecule has 0 bridgehead atoms. The Kier molecular flexibility index (Phi) is 4.45. The van der Waals surface area contributed by atoms with Gasteiger partial charge >= 0.3 is 0 Å². The van der Waals surface area contributed by atoms with Crippen LogP contribution in [0.2, 0.25) is 0 Å². The van der Waals surface area contributed by atoms with Crippen LogP contribution in [-0.4, -0.2) is 37.5 Å². The van der Waals surface area contributed by atoms with E-state index in [9.17, 15) is 4.79 Å². The van der Waals surface area contributed by atoms with E-state index >= 15 is 0 Å². The van der Waals surface area contributed by atoms with Crippen molar-refractivity contribution < 1.29 is 4.79 Å².